The first kappa shape index (κ1) is 18.3. The minimum Gasteiger partial charge on any atom is -0.399 e. The molecule has 0 aromatic heterocycles. The molecule has 0 N–H and O–H groups in total. The van der Waals surface area contributed by atoms with Gasteiger partial charge in [-0.05, 0) is 44.4 Å². The molecule has 0 unspecified atom stereocenters. The van der Waals surface area contributed by atoms with Gasteiger partial charge >= 0.3 is 0 Å². The zero-order valence-electron chi connectivity index (χ0n) is 15.0. The van der Waals surface area contributed by atoms with Crippen LogP contribution >= 0.6 is 0 Å². The molecule has 0 fully saturated rings. The maximum Gasteiger partial charge on any atom is 0.143 e. The smallest absolute Gasteiger partial charge is 0.143 e. The largest absolute Gasteiger partial charge is 0.399 e. The molecule has 4 heteroatoms. The van der Waals surface area contributed by atoms with Gasteiger partial charge < -0.3 is 9.68 Å². The summed E-state index contributed by atoms with van der Waals surface area (Å²) in [4.78, 5) is 10.4. The van der Waals surface area contributed by atoms with Crippen LogP contribution in [0.1, 0.15) is 36.1 Å². The molecular weight excluding hydrogens is 312 g/mol. The van der Waals surface area contributed by atoms with E-state index in [4.69, 9.17) is 9.68 Å². The van der Waals surface area contributed by atoms with Gasteiger partial charge in [-0.2, -0.15) is 0 Å². The van der Waals surface area contributed by atoms with Gasteiger partial charge in [-0.1, -0.05) is 52.6 Å². The van der Waals surface area contributed by atoms with Crippen molar-refractivity contribution in [1.29, 1.82) is 0 Å². The van der Waals surface area contributed by atoms with Crippen molar-refractivity contribution in [3.8, 4) is 11.8 Å². The molecule has 0 saturated carbocycles. The molecule has 0 aliphatic rings. The molecule has 0 aliphatic carbocycles. The summed E-state index contributed by atoms with van der Waals surface area (Å²) in [5.41, 5.74) is 5.52. The van der Waals surface area contributed by atoms with Gasteiger partial charge in [-0.3, -0.25) is 0 Å². The van der Waals surface area contributed by atoms with Gasteiger partial charge in [-0.25, -0.2) is 0 Å². The Kier molecular flexibility index (Phi) is 6.79. The molecule has 0 aliphatic heterocycles. The third-order valence-corrected chi connectivity index (χ3v) is 3.60. The van der Waals surface area contributed by atoms with Crippen LogP contribution in [0.2, 0.25) is 0 Å². The van der Waals surface area contributed by atoms with Crippen LogP contribution in [-0.2, 0) is 16.3 Å². The average Bonchev–Trinajstić information content (AvgIpc) is 2.62. The maximum atomic E-state index is 5.51. The lowest BCUT2D eigenvalue weighted by atomic mass is 10.00. The summed E-state index contributed by atoms with van der Waals surface area (Å²) in [5.74, 6) is 6.04. The van der Waals surface area contributed by atoms with Crippen LogP contribution in [0.15, 0.2) is 58.8 Å². The van der Waals surface area contributed by atoms with Gasteiger partial charge in [0.1, 0.15) is 19.4 Å². The number of rotatable bonds is 5. The Balaban J connectivity index is 2.09. The van der Waals surface area contributed by atoms with Crippen LogP contribution in [0, 0.1) is 18.8 Å². The monoisotopic (exact) mass is 334 g/mol. The van der Waals surface area contributed by atoms with Crippen molar-refractivity contribution in [3.05, 3.63) is 70.8 Å². The van der Waals surface area contributed by atoms with E-state index in [1.807, 2.05) is 69.3 Å². The number of nitrogens with zero attached hydrogens (tertiary/aromatic N) is 2. The summed E-state index contributed by atoms with van der Waals surface area (Å²) in [6, 6.07) is 15.8. The fraction of sp³-hybridized carbons (Fsp3) is 0.238. The highest BCUT2D eigenvalue weighted by Crippen LogP contribution is 2.17. The molecular formula is C21H22N2O2. The highest BCUT2D eigenvalue weighted by molar-refractivity contribution is 6.00. The Morgan fingerprint density at radius 1 is 1.00 bits per heavy atom. The van der Waals surface area contributed by atoms with Crippen molar-refractivity contribution in [2.75, 3.05) is 7.11 Å². The third-order valence-electron chi connectivity index (χ3n) is 3.60. The normalized spacial score (nSPS) is 11.5. The second-order valence-electron chi connectivity index (χ2n) is 5.53. The highest BCUT2D eigenvalue weighted by atomic mass is 16.6. The van der Waals surface area contributed by atoms with E-state index in [-0.39, 0.29) is 0 Å². The molecule has 0 heterocycles. The lowest BCUT2D eigenvalue weighted by Gasteiger charge is -2.11. The molecule has 4 nitrogen and oxygen atoms in total. The molecule has 0 spiro atoms. The SMILES string of the molecule is CO/N=C(/C)c1cccc(C)c1CO/N=C(\C)C#Cc1ccccc1. The lowest BCUT2D eigenvalue weighted by Crippen LogP contribution is -2.05. The maximum absolute atomic E-state index is 5.51. The number of aryl methyl sites for hydroxylation is 1. The van der Waals surface area contributed by atoms with Gasteiger partial charge in [0.05, 0.1) is 5.71 Å². The molecule has 25 heavy (non-hydrogen) atoms. The molecule has 0 bridgehead atoms. The fourth-order valence-corrected chi connectivity index (χ4v) is 2.32. The number of benzene rings is 2. The zero-order valence-corrected chi connectivity index (χ0v) is 15.0. The number of hydrogen-bond donors (Lipinski definition) is 0. The number of hydrogen-bond acceptors (Lipinski definition) is 4. The van der Waals surface area contributed by atoms with E-state index in [0.29, 0.717) is 12.3 Å². The zero-order chi connectivity index (χ0) is 18.1. The summed E-state index contributed by atoms with van der Waals surface area (Å²) < 4.78 is 0. The minimum atomic E-state index is 0.350. The average molecular weight is 334 g/mol. The highest BCUT2D eigenvalue weighted by Gasteiger charge is 2.09. The van der Waals surface area contributed by atoms with Crippen LogP contribution < -0.4 is 0 Å². The van der Waals surface area contributed by atoms with Gasteiger partial charge in [0.15, 0.2) is 0 Å². The molecule has 0 radical (unpaired) electrons. The van der Waals surface area contributed by atoms with Gasteiger partial charge in [-0.15, -0.1) is 0 Å². The van der Waals surface area contributed by atoms with Crippen LogP contribution in [0.25, 0.3) is 0 Å². The Morgan fingerprint density at radius 2 is 1.76 bits per heavy atom. The van der Waals surface area contributed by atoms with Crippen molar-refractivity contribution in [2.45, 2.75) is 27.4 Å². The van der Waals surface area contributed by atoms with E-state index in [9.17, 15) is 0 Å². The van der Waals surface area contributed by atoms with Crippen molar-refractivity contribution >= 4 is 11.4 Å². The topological polar surface area (TPSA) is 43.2 Å². The summed E-state index contributed by atoms with van der Waals surface area (Å²) in [7, 11) is 1.54. The Hall–Kier alpha value is -3.06. The Morgan fingerprint density at radius 3 is 2.48 bits per heavy atom. The fourth-order valence-electron chi connectivity index (χ4n) is 2.32. The Labute approximate surface area is 149 Å². The van der Waals surface area contributed by atoms with Crippen LogP contribution in [-0.4, -0.2) is 18.5 Å². The van der Waals surface area contributed by atoms with Gasteiger partial charge in [0.25, 0.3) is 0 Å². The summed E-state index contributed by atoms with van der Waals surface area (Å²) in [6.07, 6.45) is 0. The molecule has 2 aromatic carbocycles. The van der Waals surface area contributed by atoms with E-state index >= 15 is 0 Å². The molecule has 128 valence electrons. The second kappa shape index (κ2) is 9.29. The summed E-state index contributed by atoms with van der Waals surface area (Å²) in [6.45, 7) is 6.12. The molecule has 2 rings (SSSR count). The first-order valence-corrected chi connectivity index (χ1v) is 8.02. The summed E-state index contributed by atoms with van der Waals surface area (Å²) in [5, 5.41) is 8.10. The third kappa shape index (κ3) is 5.50. The lowest BCUT2D eigenvalue weighted by molar-refractivity contribution is 0.130. The summed E-state index contributed by atoms with van der Waals surface area (Å²) >= 11 is 0. The predicted molar refractivity (Wildman–Crippen MR) is 102 cm³/mol. The molecule has 2 aromatic rings. The van der Waals surface area contributed by atoms with E-state index in [0.717, 1.165) is 28.0 Å². The molecule has 0 saturated heterocycles. The standard InChI is InChI=1S/C21H22N2O2/c1-16-9-8-12-20(18(3)23-24-4)21(16)15-25-22-17(2)13-14-19-10-6-5-7-11-19/h5-12H,15H2,1-4H3/b22-17+,23-18-. The van der Waals surface area contributed by atoms with E-state index in [1.54, 1.807) is 0 Å². The first-order chi connectivity index (χ1) is 12.1. The predicted octanol–water partition coefficient (Wildman–Crippen LogP) is 4.31. The van der Waals surface area contributed by atoms with Crippen molar-refractivity contribution in [2.24, 2.45) is 10.3 Å². The second-order valence-corrected chi connectivity index (χ2v) is 5.53. The van der Waals surface area contributed by atoms with E-state index < -0.39 is 0 Å². The minimum absolute atomic E-state index is 0.350. The van der Waals surface area contributed by atoms with Gasteiger partial charge in [0.2, 0.25) is 0 Å². The Bertz CT molecular complexity index is 828. The quantitative estimate of drug-likeness (QED) is 0.464. The van der Waals surface area contributed by atoms with Crippen LogP contribution in [0.3, 0.4) is 0 Å². The van der Waals surface area contributed by atoms with Crippen LogP contribution in [0.5, 0.6) is 0 Å². The van der Waals surface area contributed by atoms with E-state index in [2.05, 4.69) is 22.2 Å². The van der Waals surface area contributed by atoms with Gasteiger partial charge in [0, 0.05) is 16.7 Å². The van der Waals surface area contributed by atoms with E-state index in [1.165, 1.54) is 7.11 Å². The van der Waals surface area contributed by atoms with Crippen molar-refractivity contribution in [3.63, 3.8) is 0 Å². The van der Waals surface area contributed by atoms with Crippen molar-refractivity contribution < 1.29 is 9.68 Å². The van der Waals surface area contributed by atoms with Crippen LogP contribution in [0.4, 0.5) is 0 Å². The number of oxime groups is 2. The molecule has 0 amide bonds. The first-order valence-electron chi connectivity index (χ1n) is 8.02. The molecule has 0 atom stereocenters. The van der Waals surface area contributed by atoms with Crippen molar-refractivity contribution in [1.82, 2.24) is 0 Å².